The highest BCUT2D eigenvalue weighted by molar-refractivity contribution is 5.95. The number of benzene rings is 2. The summed E-state index contributed by atoms with van der Waals surface area (Å²) in [5, 5.41) is 5.38. The third-order valence-electron chi connectivity index (χ3n) is 3.43. The van der Waals surface area contributed by atoms with Crippen molar-refractivity contribution in [1.29, 1.82) is 0 Å². The molecular weight excluding hydrogens is 336 g/mol. The first-order valence-corrected chi connectivity index (χ1v) is 7.92. The molecule has 0 aliphatic heterocycles. The zero-order chi connectivity index (χ0) is 19.1. The predicted molar refractivity (Wildman–Crippen MR) is 97.2 cm³/mol. The van der Waals surface area contributed by atoms with Gasteiger partial charge in [-0.3, -0.25) is 9.59 Å². The number of carbonyl (C=O) groups is 3. The Morgan fingerprint density at radius 3 is 1.92 bits per heavy atom. The van der Waals surface area contributed by atoms with E-state index in [0.29, 0.717) is 22.7 Å². The van der Waals surface area contributed by atoms with Gasteiger partial charge >= 0.3 is 5.97 Å². The van der Waals surface area contributed by atoms with Crippen molar-refractivity contribution in [1.82, 2.24) is 0 Å². The Labute approximate surface area is 151 Å². The van der Waals surface area contributed by atoms with Crippen LogP contribution in [-0.4, -0.2) is 31.0 Å². The second-order valence-electron chi connectivity index (χ2n) is 5.52. The lowest BCUT2D eigenvalue weighted by atomic mass is 10.2. The Hall–Kier alpha value is -3.35. The molecule has 0 aliphatic rings. The van der Waals surface area contributed by atoms with Crippen LogP contribution in [0.5, 0.6) is 5.75 Å². The number of hydrogen-bond donors (Lipinski definition) is 2. The second kappa shape index (κ2) is 8.66. The number of hydrogen-bond acceptors (Lipinski definition) is 5. The van der Waals surface area contributed by atoms with Gasteiger partial charge in [-0.2, -0.15) is 0 Å². The van der Waals surface area contributed by atoms with Crippen molar-refractivity contribution < 1.29 is 23.9 Å². The van der Waals surface area contributed by atoms with Crippen LogP contribution in [0.25, 0.3) is 0 Å². The highest BCUT2D eigenvalue weighted by Gasteiger charge is 2.15. The van der Waals surface area contributed by atoms with E-state index in [1.54, 1.807) is 55.5 Å². The Morgan fingerprint density at radius 1 is 0.885 bits per heavy atom. The Balaban J connectivity index is 1.92. The molecule has 136 valence electrons. The predicted octanol–water partition coefficient (Wildman–Crippen LogP) is 2.84. The number of amides is 2. The van der Waals surface area contributed by atoms with Gasteiger partial charge in [0.1, 0.15) is 5.75 Å². The molecule has 2 rings (SSSR count). The largest absolute Gasteiger partial charge is 0.481 e. The summed E-state index contributed by atoms with van der Waals surface area (Å²) in [7, 11) is 1.31. The molecule has 2 aromatic rings. The lowest BCUT2D eigenvalue weighted by molar-refractivity contribution is -0.122. The van der Waals surface area contributed by atoms with Crippen LogP contribution in [-0.2, 0) is 14.3 Å². The molecule has 0 saturated carbocycles. The van der Waals surface area contributed by atoms with E-state index in [4.69, 9.17) is 4.74 Å². The summed E-state index contributed by atoms with van der Waals surface area (Å²) in [5.74, 6) is -0.470. The maximum Gasteiger partial charge on any atom is 0.337 e. The Morgan fingerprint density at radius 2 is 1.42 bits per heavy atom. The van der Waals surface area contributed by atoms with Gasteiger partial charge in [0.15, 0.2) is 6.10 Å². The molecule has 0 aliphatic carbocycles. The summed E-state index contributed by atoms with van der Waals surface area (Å²) in [6.45, 7) is 3.04. The van der Waals surface area contributed by atoms with Gasteiger partial charge in [-0.05, 0) is 55.5 Å². The summed E-state index contributed by atoms with van der Waals surface area (Å²) in [4.78, 5) is 34.6. The molecule has 2 aromatic carbocycles. The molecule has 7 nitrogen and oxygen atoms in total. The van der Waals surface area contributed by atoms with Gasteiger partial charge in [0.2, 0.25) is 5.91 Å². The van der Waals surface area contributed by atoms with E-state index < -0.39 is 12.1 Å². The zero-order valence-corrected chi connectivity index (χ0v) is 14.7. The van der Waals surface area contributed by atoms with Crippen molar-refractivity contribution in [2.24, 2.45) is 0 Å². The first kappa shape index (κ1) is 19.0. The molecule has 2 N–H and O–H groups in total. The topological polar surface area (TPSA) is 93.7 Å². The van der Waals surface area contributed by atoms with Crippen LogP contribution < -0.4 is 15.4 Å². The minimum absolute atomic E-state index is 0.165. The van der Waals surface area contributed by atoms with Gasteiger partial charge in [-0.25, -0.2) is 4.79 Å². The molecule has 2 amide bonds. The number of carbonyl (C=O) groups excluding carboxylic acids is 3. The summed E-state index contributed by atoms with van der Waals surface area (Å²) in [5.41, 5.74) is 1.63. The molecule has 0 bridgehead atoms. The molecule has 0 radical (unpaired) electrons. The summed E-state index contributed by atoms with van der Waals surface area (Å²) in [6, 6.07) is 13.1. The maximum atomic E-state index is 12.2. The molecule has 0 saturated heterocycles. The molecule has 0 aromatic heterocycles. The molecule has 7 heteroatoms. The highest BCUT2D eigenvalue weighted by Crippen LogP contribution is 2.17. The van der Waals surface area contributed by atoms with E-state index in [0.717, 1.165) is 0 Å². The summed E-state index contributed by atoms with van der Waals surface area (Å²) in [6.07, 6.45) is -0.742. The minimum Gasteiger partial charge on any atom is -0.481 e. The average Bonchev–Trinajstić information content (AvgIpc) is 2.62. The molecule has 1 atom stereocenters. The van der Waals surface area contributed by atoms with Gasteiger partial charge in [0.25, 0.3) is 5.91 Å². The minimum atomic E-state index is -0.742. The van der Waals surface area contributed by atoms with Gasteiger partial charge in [0.05, 0.1) is 12.7 Å². The van der Waals surface area contributed by atoms with Gasteiger partial charge in [-0.1, -0.05) is 0 Å². The molecule has 0 heterocycles. The summed E-state index contributed by atoms with van der Waals surface area (Å²) < 4.78 is 10.2. The first-order chi connectivity index (χ1) is 12.4. The van der Waals surface area contributed by atoms with Gasteiger partial charge in [0, 0.05) is 18.3 Å². The number of rotatable bonds is 6. The fourth-order valence-corrected chi connectivity index (χ4v) is 2.13. The van der Waals surface area contributed by atoms with Gasteiger partial charge in [-0.15, -0.1) is 0 Å². The number of ether oxygens (including phenoxy) is 2. The molecule has 26 heavy (non-hydrogen) atoms. The second-order valence-corrected chi connectivity index (χ2v) is 5.52. The molecule has 0 fully saturated rings. The third-order valence-corrected chi connectivity index (χ3v) is 3.43. The number of anilines is 2. The van der Waals surface area contributed by atoms with Crippen LogP contribution >= 0.6 is 0 Å². The maximum absolute atomic E-state index is 12.2. The average molecular weight is 356 g/mol. The highest BCUT2D eigenvalue weighted by atomic mass is 16.5. The quantitative estimate of drug-likeness (QED) is 0.776. The smallest absolute Gasteiger partial charge is 0.337 e. The Bertz CT molecular complexity index is 785. The van der Waals surface area contributed by atoms with Crippen LogP contribution in [0.4, 0.5) is 11.4 Å². The zero-order valence-electron chi connectivity index (χ0n) is 14.7. The lowest BCUT2D eigenvalue weighted by Crippen LogP contribution is -2.30. The van der Waals surface area contributed by atoms with Crippen molar-refractivity contribution in [2.75, 3.05) is 17.7 Å². The van der Waals surface area contributed by atoms with E-state index in [2.05, 4.69) is 15.4 Å². The SMILES string of the molecule is COC(=O)c1ccc(O[C@H](C)C(=O)Nc2ccc(NC(C)=O)cc2)cc1. The van der Waals surface area contributed by atoms with E-state index in [-0.39, 0.29) is 11.8 Å². The van der Waals surface area contributed by atoms with Crippen molar-refractivity contribution in [3.63, 3.8) is 0 Å². The first-order valence-electron chi connectivity index (χ1n) is 7.92. The molecular formula is C19H20N2O5. The normalized spacial score (nSPS) is 11.2. The third kappa shape index (κ3) is 5.34. The fraction of sp³-hybridized carbons (Fsp3) is 0.211. The Kier molecular flexibility index (Phi) is 6.32. The van der Waals surface area contributed by atoms with Gasteiger partial charge < -0.3 is 20.1 Å². The molecule has 0 unspecified atom stereocenters. The standard InChI is InChI=1S/C19H20N2O5/c1-12(26-17-10-4-14(5-11-17)19(24)25-3)18(23)21-16-8-6-15(7-9-16)20-13(2)22/h4-12H,1-3H3,(H,20,22)(H,21,23)/t12-/m1/s1. The molecule has 0 spiro atoms. The fourth-order valence-electron chi connectivity index (χ4n) is 2.13. The lowest BCUT2D eigenvalue weighted by Gasteiger charge is -2.15. The van der Waals surface area contributed by atoms with Crippen LogP contribution in [0.2, 0.25) is 0 Å². The van der Waals surface area contributed by atoms with E-state index in [9.17, 15) is 14.4 Å². The van der Waals surface area contributed by atoms with E-state index in [1.165, 1.54) is 14.0 Å². The van der Waals surface area contributed by atoms with Crippen LogP contribution in [0.3, 0.4) is 0 Å². The van der Waals surface area contributed by atoms with Crippen LogP contribution in [0.1, 0.15) is 24.2 Å². The van der Waals surface area contributed by atoms with Crippen molar-refractivity contribution in [2.45, 2.75) is 20.0 Å². The van der Waals surface area contributed by atoms with Crippen LogP contribution in [0.15, 0.2) is 48.5 Å². The van der Waals surface area contributed by atoms with Crippen molar-refractivity contribution >= 4 is 29.2 Å². The van der Waals surface area contributed by atoms with E-state index in [1.807, 2.05) is 0 Å². The van der Waals surface area contributed by atoms with Crippen LogP contribution in [0, 0.1) is 0 Å². The van der Waals surface area contributed by atoms with Crippen molar-refractivity contribution in [3.05, 3.63) is 54.1 Å². The number of nitrogens with one attached hydrogen (secondary N) is 2. The van der Waals surface area contributed by atoms with Crippen molar-refractivity contribution in [3.8, 4) is 5.75 Å². The monoisotopic (exact) mass is 356 g/mol. The number of esters is 1. The number of methoxy groups -OCH3 is 1. The summed E-state index contributed by atoms with van der Waals surface area (Å²) >= 11 is 0. The van der Waals surface area contributed by atoms with E-state index >= 15 is 0 Å².